The van der Waals surface area contributed by atoms with Crippen LogP contribution < -0.4 is 5.32 Å². The van der Waals surface area contributed by atoms with Crippen LogP contribution in [0.5, 0.6) is 0 Å². The molecule has 2 aromatic carbocycles. The molecule has 2 aliphatic heterocycles. The van der Waals surface area contributed by atoms with Crippen molar-refractivity contribution in [3.63, 3.8) is 0 Å². The molecule has 0 unspecified atom stereocenters. The summed E-state index contributed by atoms with van der Waals surface area (Å²) in [6, 6.07) is 18.0. The van der Waals surface area contributed by atoms with Crippen molar-refractivity contribution in [2.24, 2.45) is 0 Å². The van der Waals surface area contributed by atoms with Gasteiger partial charge in [-0.1, -0.05) is 42.5 Å². The predicted octanol–water partition coefficient (Wildman–Crippen LogP) is 3.85. The number of rotatable bonds is 3. The van der Waals surface area contributed by atoms with Gasteiger partial charge in [-0.15, -0.1) is 11.8 Å². The van der Waals surface area contributed by atoms with Crippen LogP contribution in [0.15, 0.2) is 59.5 Å². The Morgan fingerprint density at radius 1 is 1.12 bits per heavy atom. The molecule has 1 fully saturated rings. The highest BCUT2D eigenvalue weighted by Crippen LogP contribution is 2.38. The van der Waals surface area contributed by atoms with Gasteiger partial charge in [0.05, 0.1) is 17.0 Å². The van der Waals surface area contributed by atoms with Gasteiger partial charge < -0.3 is 10.2 Å². The molecule has 4 rings (SSSR count). The molecular formula is C20H20N2O2S. The van der Waals surface area contributed by atoms with Gasteiger partial charge in [-0.3, -0.25) is 9.59 Å². The van der Waals surface area contributed by atoms with E-state index in [1.54, 1.807) is 0 Å². The number of anilines is 1. The fraction of sp³-hybridized carbons (Fsp3) is 0.300. The third-order valence-corrected chi connectivity index (χ3v) is 6.10. The fourth-order valence-corrected chi connectivity index (χ4v) is 4.69. The Kier molecular flexibility index (Phi) is 4.49. The normalized spacial score (nSPS) is 22.4. The van der Waals surface area contributed by atoms with Crippen LogP contribution in [-0.2, 0) is 9.59 Å². The van der Waals surface area contributed by atoms with Crippen molar-refractivity contribution in [2.45, 2.75) is 35.4 Å². The molecule has 0 spiro atoms. The molecule has 1 saturated heterocycles. The molecule has 0 saturated carbocycles. The quantitative estimate of drug-likeness (QED) is 0.913. The maximum absolute atomic E-state index is 12.9. The summed E-state index contributed by atoms with van der Waals surface area (Å²) >= 11 is 1.49. The van der Waals surface area contributed by atoms with E-state index in [0.717, 1.165) is 30.0 Å². The zero-order valence-corrected chi connectivity index (χ0v) is 14.7. The third kappa shape index (κ3) is 3.29. The van der Waals surface area contributed by atoms with Crippen LogP contribution in [-0.4, -0.2) is 28.5 Å². The second-order valence-electron chi connectivity index (χ2n) is 6.45. The number of fused-ring (bicyclic) bond motifs is 1. The lowest BCUT2D eigenvalue weighted by atomic mass is 10.0. The fourth-order valence-electron chi connectivity index (χ4n) is 3.59. The lowest BCUT2D eigenvalue weighted by molar-refractivity contribution is -0.133. The molecule has 128 valence electrons. The predicted molar refractivity (Wildman–Crippen MR) is 99.5 cm³/mol. The van der Waals surface area contributed by atoms with Gasteiger partial charge in [0, 0.05) is 17.9 Å². The smallest absolute Gasteiger partial charge is 0.238 e. The second-order valence-corrected chi connectivity index (χ2v) is 7.70. The molecule has 0 radical (unpaired) electrons. The highest BCUT2D eigenvalue weighted by Gasteiger charge is 2.34. The van der Waals surface area contributed by atoms with E-state index in [1.165, 1.54) is 17.3 Å². The van der Waals surface area contributed by atoms with E-state index in [2.05, 4.69) is 17.4 Å². The Labute approximate surface area is 151 Å². The summed E-state index contributed by atoms with van der Waals surface area (Å²) in [6.45, 7) is 0.772. The Bertz CT molecular complexity index is 793. The van der Waals surface area contributed by atoms with Gasteiger partial charge in [0.2, 0.25) is 11.8 Å². The van der Waals surface area contributed by atoms with E-state index >= 15 is 0 Å². The van der Waals surface area contributed by atoms with Crippen molar-refractivity contribution in [2.75, 3.05) is 11.9 Å². The number of thioether (sulfide) groups is 1. The largest absolute Gasteiger partial charge is 0.336 e. The van der Waals surface area contributed by atoms with E-state index in [4.69, 9.17) is 0 Å². The number of hydrogen-bond acceptors (Lipinski definition) is 3. The zero-order valence-electron chi connectivity index (χ0n) is 13.9. The second kappa shape index (κ2) is 6.92. The van der Waals surface area contributed by atoms with Crippen molar-refractivity contribution in [1.29, 1.82) is 0 Å². The maximum atomic E-state index is 12.9. The van der Waals surface area contributed by atoms with Gasteiger partial charge >= 0.3 is 0 Å². The number of para-hydroxylation sites is 1. The average molecular weight is 352 g/mol. The van der Waals surface area contributed by atoms with Gasteiger partial charge in [0.1, 0.15) is 0 Å². The molecule has 2 aromatic rings. The first kappa shape index (κ1) is 16.2. The number of benzene rings is 2. The maximum Gasteiger partial charge on any atom is 0.238 e. The minimum atomic E-state index is -0.362. The number of hydrogen-bond donors (Lipinski definition) is 1. The molecule has 25 heavy (non-hydrogen) atoms. The monoisotopic (exact) mass is 352 g/mol. The van der Waals surface area contributed by atoms with Crippen LogP contribution in [0.4, 0.5) is 5.69 Å². The first-order valence-corrected chi connectivity index (χ1v) is 9.51. The highest BCUT2D eigenvalue weighted by atomic mass is 32.2. The summed E-state index contributed by atoms with van der Waals surface area (Å²) in [7, 11) is 0. The summed E-state index contributed by atoms with van der Waals surface area (Å²) in [6.07, 6.45) is 2.24. The van der Waals surface area contributed by atoms with E-state index in [0.29, 0.717) is 0 Å². The lowest BCUT2D eigenvalue weighted by Crippen LogP contribution is -2.37. The van der Waals surface area contributed by atoms with Crippen LogP contribution in [0.2, 0.25) is 0 Å². The van der Waals surface area contributed by atoms with Crippen molar-refractivity contribution in [1.82, 2.24) is 4.90 Å². The summed E-state index contributed by atoms with van der Waals surface area (Å²) in [5.74, 6) is -0.00843. The summed E-state index contributed by atoms with van der Waals surface area (Å²) in [4.78, 5) is 28.2. The van der Waals surface area contributed by atoms with Crippen LogP contribution in [0.25, 0.3) is 0 Å². The first-order chi connectivity index (χ1) is 12.2. The zero-order chi connectivity index (χ0) is 17.2. The number of likely N-dealkylation sites (tertiary alicyclic amines) is 1. The van der Waals surface area contributed by atoms with Gasteiger partial charge in [-0.05, 0) is 30.5 Å². The number of nitrogens with zero attached hydrogens (tertiary/aromatic N) is 1. The molecule has 2 aliphatic rings. The topological polar surface area (TPSA) is 49.4 Å². The Morgan fingerprint density at radius 3 is 2.72 bits per heavy atom. The average Bonchev–Trinajstić information content (AvgIpc) is 3.13. The van der Waals surface area contributed by atoms with Gasteiger partial charge in [0.15, 0.2) is 0 Å². The van der Waals surface area contributed by atoms with Crippen LogP contribution in [0, 0.1) is 0 Å². The molecule has 0 aliphatic carbocycles. The van der Waals surface area contributed by atoms with Crippen LogP contribution in [0.3, 0.4) is 0 Å². The van der Waals surface area contributed by atoms with Crippen molar-refractivity contribution >= 4 is 29.3 Å². The first-order valence-electron chi connectivity index (χ1n) is 8.63. The van der Waals surface area contributed by atoms with Crippen molar-refractivity contribution in [3.8, 4) is 0 Å². The number of carbonyl (C=O) groups excluding carboxylic acids is 2. The van der Waals surface area contributed by atoms with Crippen molar-refractivity contribution in [3.05, 3.63) is 60.2 Å². The molecule has 5 heteroatoms. The van der Waals surface area contributed by atoms with Crippen molar-refractivity contribution < 1.29 is 9.59 Å². The molecular weight excluding hydrogens is 332 g/mol. The molecule has 2 heterocycles. The summed E-state index contributed by atoms with van der Waals surface area (Å²) in [5, 5.41) is 2.56. The van der Waals surface area contributed by atoms with E-state index in [1.807, 2.05) is 47.4 Å². The molecule has 2 amide bonds. The van der Waals surface area contributed by atoms with E-state index in [-0.39, 0.29) is 29.5 Å². The molecule has 0 aromatic heterocycles. The van der Waals surface area contributed by atoms with Gasteiger partial charge in [-0.25, -0.2) is 0 Å². The molecule has 2 atom stereocenters. The molecule has 1 N–H and O–H groups in total. The molecule has 4 nitrogen and oxygen atoms in total. The molecule has 0 bridgehead atoms. The Balaban J connectivity index is 1.47. The lowest BCUT2D eigenvalue weighted by Gasteiger charge is -2.28. The summed E-state index contributed by atoms with van der Waals surface area (Å²) in [5.41, 5.74) is 2.02. The minimum absolute atomic E-state index is 0.0679. The minimum Gasteiger partial charge on any atom is -0.336 e. The third-order valence-electron chi connectivity index (χ3n) is 4.82. The van der Waals surface area contributed by atoms with Crippen LogP contribution >= 0.6 is 11.8 Å². The number of carbonyl (C=O) groups is 2. The van der Waals surface area contributed by atoms with Gasteiger partial charge in [-0.2, -0.15) is 0 Å². The highest BCUT2D eigenvalue weighted by molar-refractivity contribution is 8.01. The Morgan fingerprint density at radius 2 is 1.88 bits per heavy atom. The Hall–Kier alpha value is -2.27. The summed E-state index contributed by atoms with van der Waals surface area (Å²) < 4.78 is 0. The number of nitrogens with one attached hydrogen (secondary N) is 1. The van der Waals surface area contributed by atoms with E-state index < -0.39 is 0 Å². The van der Waals surface area contributed by atoms with Gasteiger partial charge in [0.25, 0.3) is 0 Å². The number of amides is 2. The van der Waals surface area contributed by atoms with E-state index in [9.17, 15) is 9.59 Å². The SMILES string of the molecule is O=C1Nc2ccccc2S[C@@H]1CC(=O)N1CCC[C@@H]1c1ccccc1. The standard InChI is InChI=1S/C20H20N2O2S/c23-19(22-12-6-10-16(22)14-7-2-1-3-8-14)13-18-20(24)21-15-9-4-5-11-17(15)25-18/h1-5,7-9,11,16,18H,6,10,12-13H2,(H,21,24)/t16-,18-/m1/s1. The van der Waals surface area contributed by atoms with Crippen LogP contribution in [0.1, 0.15) is 30.9 Å².